The Kier molecular flexibility index (Phi) is 9.64. The average molecular weight is 502 g/mol. The summed E-state index contributed by atoms with van der Waals surface area (Å²) in [5.41, 5.74) is 17.3. The molecule has 0 saturated heterocycles. The maximum atomic E-state index is 5.36. The van der Waals surface area contributed by atoms with Gasteiger partial charge in [0.15, 0.2) is 6.29 Å². The smallest absolute Gasteiger partial charge is 0.176 e. The average Bonchev–Trinajstić information content (AvgIpc) is 3.40. The number of anilines is 5. The molecule has 0 saturated carbocycles. The van der Waals surface area contributed by atoms with E-state index >= 15 is 0 Å². The van der Waals surface area contributed by atoms with Crippen LogP contribution in [0.3, 0.4) is 0 Å². The van der Waals surface area contributed by atoms with Crippen LogP contribution in [0.5, 0.6) is 0 Å². The Morgan fingerprint density at radius 3 is 1.32 bits per heavy atom. The van der Waals surface area contributed by atoms with Crippen LogP contribution in [-0.2, 0) is 6.42 Å². The van der Waals surface area contributed by atoms with Crippen molar-refractivity contribution in [2.24, 2.45) is 0 Å². The number of fused-ring (bicyclic) bond motifs is 1. The molecule has 0 aliphatic carbocycles. The predicted molar refractivity (Wildman–Crippen MR) is 163 cm³/mol. The minimum atomic E-state index is -0.00144. The quantitative estimate of drug-likeness (QED) is 0.153. The third kappa shape index (κ3) is 8.07. The molecule has 0 fully saturated rings. The molecule has 0 atom stereocenters. The summed E-state index contributed by atoms with van der Waals surface area (Å²) in [7, 11) is 0. The fourth-order valence-electron chi connectivity index (χ4n) is 4.11. The first-order valence-electron chi connectivity index (χ1n) is 12.8. The van der Waals surface area contributed by atoms with Crippen molar-refractivity contribution < 1.29 is 0 Å². The number of hydrogen-bond acceptors (Lipinski definition) is 5. The molecule has 5 aromatic rings. The molecule has 0 bridgehead atoms. The van der Waals surface area contributed by atoms with Crippen LogP contribution in [0.25, 0.3) is 0 Å². The number of para-hydroxylation sites is 5. The number of hydrogen-bond donors (Lipinski definition) is 4. The Balaban J connectivity index is 0.000000195. The van der Waals surface area contributed by atoms with Gasteiger partial charge in [0, 0.05) is 35.0 Å². The molecular weight excluding hydrogens is 466 g/mol. The van der Waals surface area contributed by atoms with Gasteiger partial charge < -0.3 is 27.0 Å². The van der Waals surface area contributed by atoms with E-state index in [0.29, 0.717) is 0 Å². The van der Waals surface area contributed by atoms with E-state index in [-0.39, 0.29) is 6.29 Å². The molecule has 5 nitrogen and oxygen atoms in total. The van der Waals surface area contributed by atoms with Gasteiger partial charge in [-0.3, -0.25) is 0 Å². The number of nitrogens with one attached hydrogen (secondary N) is 2. The van der Waals surface area contributed by atoms with Crippen LogP contribution in [0.4, 0.5) is 28.4 Å². The molecule has 0 radical (unpaired) electrons. The number of nitrogens with two attached hydrogens (primary N) is 2. The van der Waals surface area contributed by atoms with Crippen molar-refractivity contribution in [3.05, 3.63) is 151 Å². The Hall–Kier alpha value is -4.90. The zero-order valence-corrected chi connectivity index (χ0v) is 21.4. The summed E-state index contributed by atoms with van der Waals surface area (Å²) < 4.78 is 0. The highest BCUT2D eigenvalue weighted by Gasteiger charge is 2.25. The van der Waals surface area contributed by atoms with Crippen LogP contribution in [0.15, 0.2) is 146 Å². The van der Waals surface area contributed by atoms with Gasteiger partial charge >= 0.3 is 0 Å². The lowest BCUT2D eigenvalue weighted by atomic mass is 10.2. The van der Waals surface area contributed by atoms with Crippen molar-refractivity contribution in [2.45, 2.75) is 12.7 Å². The molecular formula is C33H35N5. The summed E-state index contributed by atoms with van der Waals surface area (Å²) in [4.78, 5) is 2.40. The summed E-state index contributed by atoms with van der Waals surface area (Å²) in [6.45, 7) is 1.00. The van der Waals surface area contributed by atoms with Gasteiger partial charge in [-0.25, -0.2) is 0 Å². The van der Waals surface area contributed by atoms with E-state index in [4.69, 9.17) is 11.5 Å². The van der Waals surface area contributed by atoms with E-state index in [1.54, 1.807) is 0 Å². The van der Waals surface area contributed by atoms with E-state index in [9.17, 15) is 0 Å². The second-order valence-corrected chi connectivity index (χ2v) is 8.82. The maximum Gasteiger partial charge on any atom is 0.176 e. The Morgan fingerprint density at radius 2 is 0.895 bits per heavy atom. The molecule has 0 unspecified atom stereocenters. The van der Waals surface area contributed by atoms with E-state index in [2.05, 4.69) is 88.3 Å². The number of benzene rings is 5. The van der Waals surface area contributed by atoms with Gasteiger partial charge in [0.05, 0.1) is 0 Å². The highest BCUT2D eigenvalue weighted by Crippen LogP contribution is 2.30. The lowest BCUT2D eigenvalue weighted by Crippen LogP contribution is -2.45. The number of nitrogens with zero attached hydrogens (tertiary/aromatic N) is 1. The van der Waals surface area contributed by atoms with E-state index in [1.165, 1.54) is 11.3 Å². The monoisotopic (exact) mass is 501 g/mol. The van der Waals surface area contributed by atoms with Gasteiger partial charge in [0.2, 0.25) is 0 Å². The molecule has 1 aliphatic heterocycles. The molecule has 0 amide bonds. The summed E-state index contributed by atoms with van der Waals surface area (Å²) >= 11 is 0. The van der Waals surface area contributed by atoms with Crippen molar-refractivity contribution in [3.63, 3.8) is 0 Å². The fraction of sp³-hybridized carbons (Fsp3) is 0.0909. The fourth-order valence-corrected chi connectivity index (χ4v) is 4.11. The third-order valence-electron chi connectivity index (χ3n) is 5.99. The molecule has 6 N–H and O–H groups in total. The number of nitrogen functional groups attached to an aromatic ring is 2. The van der Waals surface area contributed by atoms with Crippen LogP contribution in [-0.4, -0.2) is 12.8 Å². The van der Waals surface area contributed by atoms with Crippen molar-refractivity contribution >= 4 is 28.4 Å². The Morgan fingerprint density at radius 1 is 0.500 bits per heavy atom. The summed E-state index contributed by atoms with van der Waals surface area (Å²) in [5.74, 6) is 0. The van der Waals surface area contributed by atoms with Gasteiger partial charge in [-0.2, -0.15) is 0 Å². The maximum absolute atomic E-state index is 5.36. The highest BCUT2D eigenvalue weighted by molar-refractivity contribution is 5.62. The minimum Gasteiger partial charge on any atom is -0.399 e. The summed E-state index contributed by atoms with van der Waals surface area (Å²) in [6.07, 6.45) is 1.08. The first-order chi connectivity index (χ1) is 18.7. The molecule has 192 valence electrons. The minimum absolute atomic E-state index is 0.00144. The topological polar surface area (TPSA) is 79.3 Å². The van der Waals surface area contributed by atoms with E-state index in [1.807, 2.05) is 72.8 Å². The lowest BCUT2D eigenvalue weighted by Gasteiger charge is -2.33. The summed E-state index contributed by atoms with van der Waals surface area (Å²) in [6, 6.07) is 48.3. The second-order valence-electron chi connectivity index (χ2n) is 8.82. The molecule has 0 spiro atoms. The summed E-state index contributed by atoms with van der Waals surface area (Å²) in [5, 5.41) is 7.25. The predicted octanol–water partition coefficient (Wildman–Crippen LogP) is 7.09. The molecule has 5 aromatic carbocycles. The van der Waals surface area contributed by atoms with E-state index in [0.717, 1.165) is 35.7 Å². The zero-order valence-electron chi connectivity index (χ0n) is 21.4. The number of rotatable bonds is 5. The van der Waals surface area contributed by atoms with Crippen LogP contribution in [0.2, 0.25) is 0 Å². The molecule has 1 heterocycles. The molecule has 0 aromatic heterocycles. The van der Waals surface area contributed by atoms with Gasteiger partial charge in [0.1, 0.15) is 0 Å². The molecule has 1 aliphatic rings. The molecule has 6 rings (SSSR count). The van der Waals surface area contributed by atoms with Crippen molar-refractivity contribution in [1.82, 2.24) is 0 Å². The zero-order chi connectivity index (χ0) is 26.4. The lowest BCUT2D eigenvalue weighted by molar-refractivity contribution is 0.735. The SMILES string of the molecule is Nc1ccccc1.Nc1ccccc1.c1ccc(NC(Nc2ccccc2)N2CCc3ccccc32)cc1. The highest BCUT2D eigenvalue weighted by atomic mass is 15.4. The molecule has 38 heavy (non-hydrogen) atoms. The van der Waals surface area contributed by atoms with Gasteiger partial charge in [0.25, 0.3) is 0 Å². The van der Waals surface area contributed by atoms with E-state index < -0.39 is 0 Å². The van der Waals surface area contributed by atoms with Gasteiger partial charge in [-0.05, 0) is 66.6 Å². The molecule has 5 heteroatoms. The van der Waals surface area contributed by atoms with Crippen LogP contribution < -0.4 is 27.0 Å². The Labute approximate surface area is 225 Å². The van der Waals surface area contributed by atoms with Crippen molar-refractivity contribution in [3.8, 4) is 0 Å². The van der Waals surface area contributed by atoms with Crippen molar-refractivity contribution in [2.75, 3.05) is 33.5 Å². The standard InChI is InChI=1S/C21H21N3.2C6H7N/c1-3-10-18(11-4-1)22-21(23-19-12-5-2-6-13-19)24-16-15-17-9-7-8-14-20(17)24;2*7-6-4-2-1-3-5-6/h1-14,21-23H,15-16H2;2*1-5H,7H2. The second kappa shape index (κ2) is 14.0. The van der Waals surface area contributed by atoms with Crippen LogP contribution in [0, 0.1) is 0 Å². The van der Waals surface area contributed by atoms with Crippen LogP contribution >= 0.6 is 0 Å². The Bertz CT molecular complexity index is 1250. The van der Waals surface area contributed by atoms with Crippen LogP contribution in [0.1, 0.15) is 5.56 Å². The van der Waals surface area contributed by atoms with Gasteiger partial charge in [-0.15, -0.1) is 0 Å². The van der Waals surface area contributed by atoms with Crippen molar-refractivity contribution in [1.29, 1.82) is 0 Å². The first kappa shape index (κ1) is 26.2. The normalized spacial score (nSPS) is 11.3. The third-order valence-corrected chi connectivity index (χ3v) is 5.99. The van der Waals surface area contributed by atoms with Gasteiger partial charge in [-0.1, -0.05) is 91.0 Å². The first-order valence-corrected chi connectivity index (χ1v) is 12.8. The largest absolute Gasteiger partial charge is 0.399 e.